The van der Waals surface area contributed by atoms with E-state index in [0.29, 0.717) is 0 Å². The summed E-state index contributed by atoms with van der Waals surface area (Å²) < 4.78 is 5.94. The van der Waals surface area contributed by atoms with Gasteiger partial charge in [-0.25, -0.2) is 0 Å². The minimum Gasteiger partial charge on any atom is -0.492 e. The second kappa shape index (κ2) is 16.5. The van der Waals surface area contributed by atoms with Crippen molar-refractivity contribution in [3.8, 4) is 5.75 Å². The molecule has 5 heteroatoms. The zero-order valence-electron chi connectivity index (χ0n) is 19.5. The lowest BCUT2D eigenvalue weighted by molar-refractivity contribution is 0.209. The lowest BCUT2D eigenvalue weighted by atomic mass is 10.2. The Balaban J connectivity index is 1.38. The second-order valence-electron chi connectivity index (χ2n) is 8.40. The van der Waals surface area contributed by atoms with E-state index in [0.717, 1.165) is 25.4 Å². The molecule has 2 aromatic rings. The van der Waals surface area contributed by atoms with Gasteiger partial charge in [-0.1, -0.05) is 48.5 Å². The summed E-state index contributed by atoms with van der Waals surface area (Å²) in [6, 6.07) is 21.2. The highest BCUT2D eigenvalue weighted by Gasteiger charge is 2.09. The molecule has 0 N–H and O–H groups in total. The topological polar surface area (TPSA) is 15.7 Å². The fraction of sp³-hybridized carbons (Fsp3) is 0.556. The maximum absolute atomic E-state index is 5.94. The van der Waals surface area contributed by atoms with Crippen LogP contribution in [0, 0.1) is 0 Å². The van der Waals surface area contributed by atoms with Gasteiger partial charge in [-0.15, -0.1) is 0 Å². The lowest BCUT2D eigenvalue weighted by Crippen LogP contribution is -2.31. The molecule has 1 heterocycles. The second-order valence-corrected chi connectivity index (χ2v) is 10.9. The Bertz CT molecular complexity index is 683. The molecule has 176 valence electrons. The van der Waals surface area contributed by atoms with E-state index in [9.17, 15) is 0 Å². The van der Waals surface area contributed by atoms with Crippen molar-refractivity contribution in [1.82, 2.24) is 9.80 Å². The van der Waals surface area contributed by atoms with Crippen LogP contribution in [-0.4, -0.2) is 72.1 Å². The molecule has 0 atom stereocenters. The van der Waals surface area contributed by atoms with Gasteiger partial charge >= 0.3 is 0 Å². The summed E-state index contributed by atoms with van der Waals surface area (Å²) in [4.78, 5) is 5.27. The van der Waals surface area contributed by atoms with Crippen LogP contribution in [0.15, 0.2) is 60.7 Å². The standard InChI is InChI=1S/C27H40N2OS2/c1-3-11-26(12-4-1)25-29-17-9-23-31-21-7-15-28(16-8-22-32-24-10-18-29)19-20-30-27-13-5-2-6-14-27/h1-6,11-14H,7-10,15-25H2. The Hall–Kier alpha value is -1.14. The SMILES string of the molecule is c1ccc(CN2CCCSCCCN(CCOc3ccccc3)CCCSCCC2)cc1. The van der Waals surface area contributed by atoms with Crippen LogP contribution in [0.4, 0.5) is 0 Å². The van der Waals surface area contributed by atoms with E-state index in [4.69, 9.17) is 4.74 Å². The van der Waals surface area contributed by atoms with E-state index < -0.39 is 0 Å². The number of thioether (sulfide) groups is 2. The van der Waals surface area contributed by atoms with E-state index in [1.807, 2.05) is 30.3 Å². The first-order chi connectivity index (χ1) is 15.9. The van der Waals surface area contributed by atoms with Gasteiger partial charge in [0.25, 0.3) is 0 Å². The summed E-state index contributed by atoms with van der Waals surface area (Å²) >= 11 is 4.26. The molecule has 32 heavy (non-hydrogen) atoms. The highest BCUT2D eigenvalue weighted by molar-refractivity contribution is 7.99. The molecule has 0 amide bonds. The number of ether oxygens (including phenoxy) is 1. The van der Waals surface area contributed by atoms with Crippen LogP contribution in [0.3, 0.4) is 0 Å². The Morgan fingerprint density at radius 3 is 1.69 bits per heavy atom. The van der Waals surface area contributed by atoms with Gasteiger partial charge in [0, 0.05) is 13.1 Å². The van der Waals surface area contributed by atoms with Crippen molar-refractivity contribution in [2.24, 2.45) is 0 Å². The molecule has 0 radical (unpaired) electrons. The molecule has 0 bridgehead atoms. The molecular weight excluding hydrogens is 432 g/mol. The van der Waals surface area contributed by atoms with Crippen molar-refractivity contribution in [3.63, 3.8) is 0 Å². The zero-order valence-corrected chi connectivity index (χ0v) is 21.1. The van der Waals surface area contributed by atoms with Gasteiger partial charge in [0.1, 0.15) is 12.4 Å². The third kappa shape index (κ3) is 11.1. The molecule has 3 rings (SSSR count). The molecule has 0 aliphatic carbocycles. The monoisotopic (exact) mass is 472 g/mol. The molecule has 1 aliphatic rings. The van der Waals surface area contributed by atoms with Gasteiger partial charge in [0.15, 0.2) is 0 Å². The average Bonchev–Trinajstić information content (AvgIpc) is 2.82. The number of nitrogens with zero attached hydrogens (tertiary/aromatic N) is 2. The van der Waals surface area contributed by atoms with Crippen LogP contribution in [0.2, 0.25) is 0 Å². The van der Waals surface area contributed by atoms with E-state index >= 15 is 0 Å². The molecule has 1 aliphatic heterocycles. The Morgan fingerprint density at radius 2 is 1.12 bits per heavy atom. The van der Waals surface area contributed by atoms with Gasteiger partial charge in [-0.05, 0) is 92.6 Å². The highest BCUT2D eigenvalue weighted by atomic mass is 32.2. The van der Waals surface area contributed by atoms with Crippen molar-refractivity contribution in [1.29, 1.82) is 0 Å². The largest absolute Gasteiger partial charge is 0.492 e. The molecule has 3 nitrogen and oxygen atoms in total. The highest BCUT2D eigenvalue weighted by Crippen LogP contribution is 2.13. The molecule has 1 fully saturated rings. The number of rotatable bonds is 6. The van der Waals surface area contributed by atoms with E-state index in [-0.39, 0.29) is 0 Å². The van der Waals surface area contributed by atoms with Gasteiger partial charge in [-0.3, -0.25) is 9.80 Å². The van der Waals surface area contributed by atoms with Gasteiger partial charge in [-0.2, -0.15) is 23.5 Å². The van der Waals surface area contributed by atoms with Crippen molar-refractivity contribution in [2.75, 3.05) is 62.3 Å². The Morgan fingerprint density at radius 1 is 0.625 bits per heavy atom. The molecule has 0 unspecified atom stereocenters. The van der Waals surface area contributed by atoms with Crippen molar-refractivity contribution in [2.45, 2.75) is 32.2 Å². The van der Waals surface area contributed by atoms with Crippen molar-refractivity contribution >= 4 is 23.5 Å². The molecule has 0 spiro atoms. The van der Waals surface area contributed by atoms with Crippen LogP contribution in [-0.2, 0) is 6.54 Å². The molecule has 0 aromatic heterocycles. The number of hydrogen-bond acceptors (Lipinski definition) is 5. The number of hydrogen-bond donors (Lipinski definition) is 0. The van der Waals surface area contributed by atoms with Gasteiger partial charge < -0.3 is 4.74 Å². The summed E-state index contributed by atoms with van der Waals surface area (Å²) in [5.41, 5.74) is 1.44. The van der Waals surface area contributed by atoms with E-state index in [1.165, 1.54) is 80.4 Å². The molecule has 2 aromatic carbocycles. The van der Waals surface area contributed by atoms with E-state index in [2.05, 4.69) is 63.7 Å². The summed E-state index contributed by atoms with van der Waals surface area (Å²) in [6.45, 7) is 7.72. The zero-order chi connectivity index (χ0) is 22.1. The molecule has 1 saturated heterocycles. The Labute approximate surface area is 204 Å². The van der Waals surface area contributed by atoms with Crippen LogP contribution in [0.1, 0.15) is 31.2 Å². The first-order valence-corrected chi connectivity index (χ1v) is 14.5. The van der Waals surface area contributed by atoms with Crippen LogP contribution in [0.5, 0.6) is 5.75 Å². The minimum atomic E-state index is 0.779. The minimum absolute atomic E-state index is 0.779. The normalized spacial score (nSPS) is 18.9. The number of benzene rings is 2. The first-order valence-electron chi connectivity index (χ1n) is 12.2. The summed E-state index contributed by atoms with van der Waals surface area (Å²) in [5.74, 6) is 6.07. The first kappa shape index (κ1) is 25.5. The average molecular weight is 473 g/mol. The fourth-order valence-corrected chi connectivity index (χ4v) is 5.76. The summed E-state index contributed by atoms with van der Waals surface area (Å²) in [7, 11) is 0. The quantitative estimate of drug-likeness (QED) is 0.518. The predicted octanol–water partition coefficient (Wildman–Crippen LogP) is 5.91. The maximum Gasteiger partial charge on any atom is 0.119 e. The number of para-hydroxylation sites is 1. The smallest absolute Gasteiger partial charge is 0.119 e. The summed E-state index contributed by atoms with van der Waals surface area (Å²) in [6.07, 6.45) is 5.13. The maximum atomic E-state index is 5.94. The predicted molar refractivity (Wildman–Crippen MR) is 143 cm³/mol. The van der Waals surface area contributed by atoms with Crippen LogP contribution in [0.25, 0.3) is 0 Å². The third-order valence-corrected chi connectivity index (χ3v) is 8.03. The van der Waals surface area contributed by atoms with Gasteiger partial charge in [0.05, 0.1) is 0 Å². The Kier molecular flexibility index (Phi) is 13.1. The van der Waals surface area contributed by atoms with Crippen LogP contribution < -0.4 is 4.74 Å². The van der Waals surface area contributed by atoms with Gasteiger partial charge in [0.2, 0.25) is 0 Å². The third-order valence-electron chi connectivity index (χ3n) is 5.72. The molecule has 0 saturated carbocycles. The van der Waals surface area contributed by atoms with Crippen molar-refractivity contribution < 1.29 is 4.74 Å². The lowest BCUT2D eigenvalue weighted by Gasteiger charge is -2.24. The van der Waals surface area contributed by atoms with E-state index in [1.54, 1.807) is 0 Å². The summed E-state index contributed by atoms with van der Waals surface area (Å²) in [5, 5.41) is 0. The van der Waals surface area contributed by atoms with Crippen molar-refractivity contribution in [3.05, 3.63) is 66.2 Å². The molecular formula is C27H40N2OS2. The fourth-order valence-electron chi connectivity index (χ4n) is 4.02. The van der Waals surface area contributed by atoms with Crippen LogP contribution >= 0.6 is 23.5 Å².